The Morgan fingerprint density at radius 3 is 1.04 bits per heavy atom. The molecule has 22 heteroatoms. The Labute approximate surface area is 554 Å². The highest BCUT2D eigenvalue weighted by atomic mass is 79.9. The molecule has 3 unspecified atom stereocenters. The largest absolute Gasteiger partial charge is 0.481 e. The number of piperidine rings is 3. The van der Waals surface area contributed by atoms with Crippen LogP contribution in [0.5, 0.6) is 0 Å². The number of nitrogens with zero attached hydrogens (tertiary/aromatic N) is 6. The van der Waals surface area contributed by atoms with E-state index in [0.717, 1.165) is 167 Å². The number of hydrogen-bond donors (Lipinski definition) is 3. The van der Waals surface area contributed by atoms with Gasteiger partial charge in [0.15, 0.2) is 15.4 Å². The predicted molar refractivity (Wildman–Crippen MR) is 366 cm³/mol. The summed E-state index contributed by atoms with van der Waals surface area (Å²) in [5.41, 5.74) is 11.9. The first-order valence-corrected chi connectivity index (χ1v) is 33.9. The number of carbonyl (C=O) groups excluding carboxylic acids is 2. The summed E-state index contributed by atoms with van der Waals surface area (Å²) in [5, 5.41) is 28.6. The molecule has 6 aromatic carbocycles. The number of carboxylic acid groups (broad SMARTS) is 1. The van der Waals surface area contributed by atoms with E-state index in [1.165, 1.54) is 50.6 Å². The van der Waals surface area contributed by atoms with Gasteiger partial charge in [-0.3, -0.25) is 14.4 Å². The first-order chi connectivity index (χ1) is 44.4. The van der Waals surface area contributed by atoms with Crippen molar-refractivity contribution in [3.8, 4) is 67.2 Å². The lowest BCUT2D eigenvalue weighted by atomic mass is 9.84. The summed E-state index contributed by atoms with van der Waals surface area (Å²) in [7, 11) is 1.85. The molecule has 3 saturated heterocycles. The standard InChI is InChI=1S/C23H23FN2O2S.C22H20BrFN2O2S.C22H21FN2O2S.C3H7BO2/c1-15-21(18-7-5-16(6-8-18)17-9-11-20(24)12-10-17)25-23(29-15)26-13-3-4-19(14-26)22(27)28-2;1-28-21(27)17-3-2-12-26(13-17)22-25-19(20(23)29-22)16-6-4-14(5-7-16)15-8-10-18(24)11-9-15;1-14-20(24-22(28-14)25-12-2-3-18(13-25)21(26)27)17-6-4-15(5-7-17)16-8-10-19(23)11-9-16;5-4(6)3-1-2-3/h5-12,19H,3-4,13-14H2,1-2H3;4-11,17H,2-3,12-13H2,1H3;4-11,18H,2-3,12-13H2,1H3,(H,26,27);3,5-6H,1-2H2. The first-order valence-electron chi connectivity index (χ1n) is 30.6. The number of aliphatic carboxylic acids is 1. The number of aryl methyl sites for hydroxylation is 2. The topological polar surface area (TPSA) is 179 Å². The number of ether oxygens (including phenoxy) is 2. The summed E-state index contributed by atoms with van der Waals surface area (Å²) < 4.78 is 50.2. The number of benzene rings is 6. The zero-order valence-electron chi connectivity index (χ0n) is 51.4. The van der Waals surface area contributed by atoms with Crippen LogP contribution in [0.15, 0.2) is 149 Å². The van der Waals surface area contributed by atoms with Gasteiger partial charge in [-0.2, -0.15) is 0 Å². The molecule has 4 fully saturated rings. The van der Waals surface area contributed by atoms with Crippen LogP contribution in [-0.2, 0) is 23.9 Å². The SMILES string of the molecule is COC(=O)C1CCCN(c2nc(-c3ccc(-c4ccc(F)cc4)cc3)c(Br)s2)C1.COC(=O)C1CCCN(c2nc(-c3ccc(-c4ccc(F)cc4)cc3)c(C)s2)C1.Cc1sc(N2CCCC(C(=O)O)C2)nc1-c1ccc(-c2ccc(F)cc2)cc1.OB(O)C1CC1. The molecule has 478 valence electrons. The molecular formula is C70H71BBrF3N6O8S3. The minimum atomic E-state index is -1.04. The quantitative estimate of drug-likeness (QED) is 0.0733. The molecule has 0 spiro atoms. The van der Waals surface area contributed by atoms with Crippen LogP contribution in [0.3, 0.4) is 0 Å². The Bertz CT molecular complexity index is 3770. The van der Waals surface area contributed by atoms with Crippen LogP contribution in [0.4, 0.5) is 28.6 Å². The third kappa shape index (κ3) is 17.3. The van der Waals surface area contributed by atoms with Crippen molar-refractivity contribution in [2.45, 2.75) is 71.0 Å². The fraction of sp³-hybridized carbons (Fsp3) is 0.314. The first kappa shape index (κ1) is 67.2. The van der Waals surface area contributed by atoms with Crippen LogP contribution >= 0.6 is 49.9 Å². The van der Waals surface area contributed by atoms with Crippen LogP contribution in [0.25, 0.3) is 67.2 Å². The lowest BCUT2D eigenvalue weighted by Crippen LogP contribution is -2.39. The van der Waals surface area contributed by atoms with E-state index in [9.17, 15) is 32.7 Å². The van der Waals surface area contributed by atoms with E-state index in [1.807, 2.05) is 67.6 Å². The molecule has 1 aliphatic carbocycles. The molecule has 3 aliphatic heterocycles. The van der Waals surface area contributed by atoms with E-state index >= 15 is 0 Å². The van der Waals surface area contributed by atoms with Gasteiger partial charge in [0.25, 0.3) is 0 Å². The molecule has 4 aliphatic rings. The van der Waals surface area contributed by atoms with E-state index in [2.05, 4.69) is 49.7 Å². The van der Waals surface area contributed by atoms with Crippen LogP contribution in [0.1, 0.15) is 61.1 Å². The van der Waals surface area contributed by atoms with Crippen LogP contribution < -0.4 is 14.7 Å². The van der Waals surface area contributed by atoms with Gasteiger partial charge in [-0.05, 0) is 144 Å². The van der Waals surface area contributed by atoms with Crippen molar-refractivity contribution in [3.63, 3.8) is 0 Å². The summed E-state index contributed by atoms with van der Waals surface area (Å²) in [5.74, 6) is -2.03. The number of esters is 2. The molecular weight excluding hydrogens is 1300 g/mol. The lowest BCUT2D eigenvalue weighted by Gasteiger charge is -2.30. The van der Waals surface area contributed by atoms with Gasteiger partial charge in [0.2, 0.25) is 0 Å². The number of halogens is 4. The number of aromatic nitrogens is 3. The second-order valence-corrected chi connectivity index (χ2v) is 27.8. The highest BCUT2D eigenvalue weighted by molar-refractivity contribution is 9.11. The smallest absolute Gasteiger partial charge is 0.454 e. The number of anilines is 3. The van der Waals surface area contributed by atoms with E-state index in [4.69, 9.17) is 34.5 Å². The van der Waals surface area contributed by atoms with Crippen molar-refractivity contribution >= 4 is 90.4 Å². The van der Waals surface area contributed by atoms with E-state index in [0.29, 0.717) is 19.6 Å². The normalized spacial score (nSPS) is 17.0. The molecule has 92 heavy (non-hydrogen) atoms. The number of carboxylic acids is 1. The van der Waals surface area contributed by atoms with Gasteiger partial charge in [-0.25, -0.2) is 28.1 Å². The van der Waals surface area contributed by atoms with Gasteiger partial charge in [-0.15, -0.1) is 22.7 Å². The highest BCUT2D eigenvalue weighted by Crippen LogP contribution is 2.41. The Balaban J connectivity index is 0.000000144. The Hall–Kier alpha value is -7.73. The number of rotatable bonds is 13. The van der Waals surface area contributed by atoms with Gasteiger partial charge >= 0.3 is 25.0 Å². The average molecular weight is 1370 g/mol. The van der Waals surface area contributed by atoms with E-state index in [-0.39, 0.29) is 53.0 Å². The predicted octanol–water partition coefficient (Wildman–Crippen LogP) is 15.9. The minimum absolute atomic E-state index is 0.0867. The molecule has 3 N–H and O–H groups in total. The molecule has 0 radical (unpaired) electrons. The zero-order chi connectivity index (χ0) is 65.0. The maximum Gasteiger partial charge on any atom is 0.454 e. The molecule has 1 saturated carbocycles. The van der Waals surface area contributed by atoms with Crippen molar-refractivity contribution in [1.29, 1.82) is 0 Å². The van der Waals surface area contributed by atoms with Crippen molar-refractivity contribution in [2.75, 3.05) is 68.2 Å². The fourth-order valence-electron chi connectivity index (χ4n) is 11.3. The number of methoxy groups -OCH3 is 2. The van der Waals surface area contributed by atoms with E-state index in [1.54, 1.807) is 70.4 Å². The number of carbonyl (C=O) groups is 3. The monoisotopic (exact) mass is 1370 g/mol. The molecule has 14 nitrogen and oxygen atoms in total. The maximum absolute atomic E-state index is 13.1. The molecule has 3 aromatic heterocycles. The van der Waals surface area contributed by atoms with Gasteiger partial charge < -0.3 is 39.3 Å². The van der Waals surface area contributed by atoms with Gasteiger partial charge in [0.05, 0.1) is 52.8 Å². The second kappa shape index (κ2) is 31.3. The third-order valence-electron chi connectivity index (χ3n) is 16.7. The van der Waals surface area contributed by atoms with E-state index < -0.39 is 13.1 Å². The van der Waals surface area contributed by atoms with Crippen molar-refractivity contribution in [2.24, 2.45) is 17.8 Å². The fourth-order valence-corrected chi connectivity index (χ4v) is 14.9. The minimum Gasteiger partial charge on any atom is -0.481 e. The zero-order valence-corrected chi connectivity index (χ0v) is 55.5. The molecule has 13 rings (SSSR count). The molecule has 9 aromatic rings. The highest BCUT2D eigenvalue weighted by Gasteiger charge is 2.34. The van der Waals surface area contributed by atoms with Crippen LogP contribution in [0.2, 0.25) is 5.82 Å². The summed E-state index contributed by atoms with van der Waals surface area (Å²) in [6, 6.07) is 43.8. The Kier molecular flexibility index (Phi) is 22.8. The van der Waals surface area contributed by atoms with Gasteiger partial charge in [0, 0.05) is 65.7 Å². The van der Waals surface area contributed by atoms with Crippen molar-refractivity contribution in [3.05, 3.63) is 177 Å². The Morgan fingerprint density at radius 1 is 0.457 bits per heavy atom. The van der Waals surface area contributed by atoms with Crippen LogP contribution in [0, 0.1) is 49.1 Å². The van der Waals surface area contributed by atoms with Crippen molar-refractivity contribution in [1.82, 2.24) is 15.0 Å². The van der Waals surface area contributed by atoms with Gasteiger partial charge in [-0.1, -0.05) is 133 Å². The summed E-state index contributed by atoms with van der Waals surface area (Å²) in [4.78, 5) is 58.4. The summed E-state index contributed by atoms with van der Waals surface area (Å²) in [6.45, 7) is 8.57. The summed E-state index contributed by atoms with van der Waals surface area (Å²) in [6.07, 6.45) is 7.22. The lowest BCUT2D eigenvalue weighted by molar-refractivity contribution is -0.146. The maximum atomic E-state index is 13.1. The Morgan fingerprint density at radius 2 is 0.739 bits per heavy atom. The molecule has 3 atom stereocenters. The van der Waals surface area contributed by atoms with Crippen LogP contribution in [-0.4, -0.2) is 109 Å². The number of hydrogen-bond acceptors (Lipinski definition) is 16. The molecule has 6 heterocycles. The summed E-state index contributed by atoms with van der Waals surface area (Å²) >= 11 is 8.49. The number of thiazole rings is 3. The average Bonchev–Trinajstić information content (AvgIpc) is 1.75. The van der Waals surface area contributed by atoms with Gasteiger partial charge in [0.1, 0.15) is 17.5 Å². The molecule has 0 bridgehead atoms. The van der Waals surface area contributed by atoms with Crippen molar-refractivity contribution < 1.29 is 52.2 Å². The third-order valence-corrected chi connectivity index (χ3v) is 20.5. The molecule has 0 amide bonds. The second-order valence-electron chi connectivity index (χ2n) is 23.2.